The van der Waals surface area contributed by atoms with E-state index in [-0.39, 0.29) is 11.7 Å². The number of pyridine rings is 1. The largest absolute Gasteiger partial charge is 0.481 e. The lowest BCUT2D eigenvalue weighted by molar-refractivity contribution is -0.385. The van der Waals surface area contributed by atoms with Gasteiger partial charge in [0.1, 0.15) is 11.5 Å². The second kappa shape index (κ2) is 5.07. The van der Waals surface area contributed by atoms with Crippen LogP contribution in [-0.4, -0.2) is 27.0 Å². The lowest BCUT2D eigenvalue weighted by Gasteiger charge is -2.28. The maximum atomic E-state index is 11.4. The number of anilines is 1. The third kappa shape index (κ3) is 2.43. The van der Waals surface area contributed by atoms with E-state index in [0.29, 0.717) is 17.9 Å². The molecule has 2 N–H and O–H groups in total. The monoisotopic (exact) mass is 279 g/mol. The van der Waals surface area contributed by atoms with Gasteiger partial charge in [-0.2, -0.15) is 0 Å². The number of nitrogens with zero attached hydrogens (tertiary/aromatic N) is 2. The SMILES string of the molecule is Cc1nc(NC2CCCC2(C)C(=O)O)ccc1[N+](=O)[O-]. The van der Waals surface area contributed by atoms with Crippen LogP contribution < -0.4 is 5.32 Å². The molecule has 0 aliphatic heterocycles. The number of nitro groups is 1. The number of carboxylic acids is 1. The van der Waals surface area contributed by atoms with Crippen molar-refractivity contribution in [3.8, 4) is 0 Å². The first-order valence-corrected chi connectivity index (χ1v) is 6.46. The molecule has 0 aromatic carbocycles. The summed E-state index contributed by atoms with van der Waals surface area (Å²) in [5, 5.41) is 23.2. The number of rotatable bonds is 4. The van der Waals surface area contributed by atoms with Crippen molar-refractivity contribution in [3.63, 3.8) is 0 Å². The smallest absolute Gasteiger partial charge is 0.311 e. The molecule has 20 heavy (non-hydrogen) atoms. The molecule has 1 fully saturated rings. The predicted octanol–water partition coefficient (Wildman–Crippen LogP) is 2.35. The summed E-state index contributed by atoms with van der Waals surface area (Å²) in [7, 11) is 0. The second-order valence-electron chi connectivity index (χ2n) is 5.37. The summed E-state index contributed by atoms with van der Waals surface area (Å²) in [4.78, 5) is 25.8. The highest BCUT2D eigenvalue weighted by Gasteiger charge is 2.45. The van der Waals surface area contributed by atoms with Gasteiger partial charge >= 0.3 is 5.97 Å². The molecule has 7 heteroatoms. The lowest BCUT2D eigenvalue weighted by Crippen LogP contribution is -2.40. The van der Waals surface area contributed by atoms with E-state index in [0.717, 1.165) is 12.8 Å². The molecule has 7 nitrogen and oxygen atoms in total. The summed E-state index contributed by atoms with van der Waals surface area (Å²) in [6.07, 6.45) is 2.21. The van der Waals surface area contributed by atoms with Crippen LogP contribution in [0.5, 0.6) is 0 Å². The van der Waals surface area contributed by atoms with Crippen molar-refractivity contribution in [2.24, 2.45) is 5.41 Å². The fourth-order valence-corrected chi connectivity index (χ4v) is 2.66. The van der Waals surface area contributed by atoms with Gasteiger partial charge in [-0.05, 0) is 32.8 Å². The molecule has 1 aromatic heterocycles. The maximum absolute atomic E-state index is 11.4. The second-order valence-corrected chi connectivity index (χ2v) is 5.37. The van der Waals surface area contributed by atoms with Crippen molar-refractivity contribution in [3.05, 3.63) is 27.9 Å². The fraction of sp³-hybridized carbons (Fsp3) is 0.538. The molecule has 2 rings (SSSR count). The summed E-state index contributed by atoms with van der Waals surface area (Å²) in [6.45, 7) is 3.28. The summed E-state index contributed by atoms with van der Waals surface area (Å²) >= 11 is 0. The molecular weight excluding hydrogens is 262 g/mol. The van der Waals surface area contributed by atoms with Gasteiger partial charge in [0.15, 0.2) is 0 Å². The Morgan fingerprint density at radius 1 is 1.60 bits per heavy atom. The maximum Gasteiger partial charge on any atom is 0.311 e. The van der Waals surface area contributed by atoms with Crippen LogP contribution in [0.25, 0.3) is 0 Å². The summed E-state index contributed by atoms with van der Waals surface area (Å²) < 4.78 is 0. The number of aryl methyl sites for hydroxylation is 1. The Hall–Kier alpha value is -2.18. The molecule has 108 valence electrons. The first-order chi connectivity index (χ1) is 9.34. The molecule has 1 saturated carbocycles. The van der Waals surface area contributed by atoms with Gasteiger partial charge in [-0.1, -0.05) is 6.42 Å². The standard InChI is InChI=1S/C13H17N3O4/c1-8-9(16(19)20)5-6-11(14-8)15-10-4-3-7-13(10,2)12(17)18/h5-6,10H,3-4,7H2,1-2H3,(H,14,15)(H,17,18). The number of carboxylic acid groups (broad SMARTS) is 1. The van der Waals surface area contributed by atoms with Crippen LogP contribution in [0.4, 0.5) is 11.5 Å². The van der Waals surface area contributed by atoms with Gasteiger partial charge in [0.25, 0.3) is 5.69 Å². The van der Waals surface area contributed by atoms with Crippen LogP contribution in [0.1, 0.15) is 31.9 Å². The van der Waals surface area contributed by atoms with E-state index < -0.39 is 16.3 Å². The molecule has 0 radical (unpaired) electrons. The van der Waals surface area contributed by atoms with Crippen molar-refractivity contribution < 1.29 is 14.8 Å². The Kier molecular flexibility index (Phi) is 3.61. The van der Waals surface area contributed by atoms with E-state index in [1.165, 1.54) is 12.1 Å². The van der Waals surface area contributed by atoms with Gasteiger partial charge in [0, 0.05) is 12.1 Å². The first kappa shape index (κ1) is 14.2. The van der Waals surface area contributed by atoms with E-state index in [1.54, 1.807) is 13.8 Å². The van der Waals surface area contributed by atoms with Crippen molar-refractivity contribution in [2.45, 2.75) is 39.2 Å². The Labute approximate surface area is 116 Å². The quantitative estimate of drug-likeness (QED) is 0.647. The number of carbonyl (C=O) groups is 1. The summed E-state index contributed by atoms with van der Waals surface area (Å²) in [6, 6.07) is 2.69. The van der Waals surface area contributed by atoms with Crippen LogP contribution in [0.2, 0.25) is 0 Å². The minimum atomic E-state index is -0.828. The molecular formula is C13H17N3O4. The van der Waals surface area contributed by atoms with E-state index >= 15 is 0 Å². The average molecular weight is 279 g/mol. The third-order valence-corrected chi connectivity index (χ3v) is 4.02. The summed E-state index contributed by atoms with van der Waals surface area (Å²) in [5.41, 5.74) is -0.546. The van der Waals surface area contributed by atoms with Crippen LogP contribution in [-0.2, 0) is 4.79 Å². The van der Waals surface area contributed by atoms with Gasteiger partial charge in [-0.15, -0.1) is 0 Å². The minimum absolute atomic E-state index is 0.0389. The van der Waals surface area contributed by atoms with Gasteiger partial charge in [-0.3, -0.25) is 14.9 Å². The van der Waals surface area contributed by atoms with Gasteiger partial charge < -0.3 is 10.4 Å². The molecule has 2 atom stereocenters. The van der Waals surface area contributed by atoms with Gasteiger partial charge in [0.05, 0.1) is 10.3 Å². The highest BCUT2D eigenvalue weighted by atomic mass is 16.6. The normalized spacial score (nSPS) is 25.4. The van der Waals surface area contributed by atoms with E-state index in [2.05, 4.69) is 10.3 Å². The van der Waals surface area contributed by atoms with Crippen LogP contribution in [0.3, 0.4) is 0 Å². The van der Waals surface area contributed by atoms with E-state index in [4.69, 9.17) is 0 Å². The molecule has 0 bridgehead atoms. The first-order valence-electron chi connectivity index (χ1n) is 6.46. The number of nitrogens with one attached hydrogen (secondary N) is 1. The highest BCUT2D eigenvalue weighted by Crippen LogP contribution is 2.39. The highest BCUT2D eigenvalue weighted by molar-refractivity contribution is 5.76. The molecule has 0 saturated heterocycles. The van der Waals surface area contributed by atoms with Crippen LogP contribution in [0, 0.1) is 22.5 Å². The zero-order chi connectivity index (χ0) is 14.9. The van der Waals surface area contributed by atoms with Gasteiger partial charge in [0.2, 0.25) is 0 Å². The molecule has 1 aliphatic rings. The zero-order valence-electron chi connectivity index (χ0n) is 11.4. The van der Waals surface area contributed by atoms with Crippen LogP contribution in [0.15, 0.2) is 12.1 Å². The number of aliphatic carboxylic acids is 1. The Morgan fingerprint density at radius 3 is 2.85 bits per heavy atom. The predicted molar refractivity (Wildman–Crippen MR) is 72.6 cm³/mol. The van der Waals surface area contributed by atoms with Crippen molar-refractivity contribution >= 4 is 17.5 Å². The zero-order valence-corrected chi connectivity index (χ0v) is 11.4. The Balaban J connectivity index is 2.20. The van der Waals surface area contributed by atoms with E-state index in [1.807, 2.05) is 0 Å². The van der Waals surface area contributed by atoms with Crippen molar-refractivity contribution in [1.82, 2.24) is 4.98 Å². The topological polar surface area (TPSA) is 105 Å². The van der Waals surface area contributed by atoms with E-state index in [9.17, 15) is 20.0 Å². The third-order valence-electron chi connectivity index (χ3n) is 4.02. The van der Waals surface area contributed by atoms with Crippen molar-refractivity contribution in [2.75, 3.05) is 5.32 Å². The molecule has 1 aromatic rings. The molecule has 0 spiro atoms. The number of hydrogen-bond acceptors (Lipinski definition) is 5. The molecule has 1 heterocycles. The molecule has 0 amide bonds. The minimum Gasteiger partial charge on any atom is -0.481 e. The lowest BCUT2D eigenvalue weighted by atomic mass is 9.85. The Bertz CT molecular complexity index is 561. The Morgan fingerprint density at radius 2 is 2.30 bits per heavy atom. The summed E-state index contributed by atoms with van der Waals surface area (Å²) in [5.74, 6) is -0.349. The number of hydrogen-bond donors (Lipinski definition) is 2. The molecule has 2 unspecified atom stereocenters. The molecule has 1 aliphatic carbocycles. The van der Waals surface area contributed by atoms with Crippen LogP contribution >= 0.6 is 0 Å². The average Bonchev–Trinajstić information content (AvgIpc) is 2.72. The van der Waals surface area contributed by atoms with Gasteiger partial charge in [-0.25, -0.2) is 4.98 Å². The van der Waals surface area contributed by atoms with Crippen molar-refractivity contribution in [1.29, 1.82) is 0 Å². The fourth-order valence-electron chi connectivity index (χ4n) is 2.66. The number of aromatic nitrogens is 1.